The van der Waals surface area contributed by atoms with E-state index in [1.807, 2.05) is 12.3 Å². The predicted molar refractivity (Wildman–Crippen MR) is 137 cm³/mol. The van der Waals surface area contributed by atoms with Crippen LogP contribution in [0.1, 0.15) is 18.4 Å². The summed E-state index contributed by atoms with van der Waals surface area (Å²) in [6.07, 6.45) is 17.2. The van der Waals surface area contributed by atoms with Crippen molar-refractivity contribution >= 4 is 33.9 Å². The predicted octanol–water partition coefficient (Wildman–Crippen LogP) is 4.42. The number of fused-ring (bicyclic) bond motifs is 1. The van der Waals surface area contributed by atoms with Gasteiger partial charge in [0.05, 0.1) is 12.7 Å². The van der Waals surface area contributed by atoms with Gasteiger partial charge in [-0.2, -0.15) is 4.98 Å². The van der Waals surface area contributed by atoms with Crippen LogP contribution in [0, 0.1) is 5.92 Å². The Morgan fingerprint density at radius 1 is 1.18 bits per heavy atom. The van der Waals surface area contributed by atoms with Gasteiger partial charge in [-0.3, -0.25) is 0 Å². The molecule has 7 heteroatoms. The molecule has 0 saturated carbocycles. The lowest BCUT2D eigenvalue weighted by molar-refractivity contribution is 0.0144. The fourth-order valence-corrected chi connectivity index (χ4v) is 5.06. The molecular weight excluding hydrogens is 424 g/mol. The lowest BCUT2D eigenvalue weighted by Gasteiger charge is -2.37. The maximum absolute atomic E-state index is 6.09. The Morgan fingerprint density at radius 3 is 3.06 bits per heavy atom. The maximum atomic E-state index is 6.09. The Labute approximate surface area is 199 Å². The summed E-state index contributed by atoms with van der Waals surface area (Å²) in [6.45, 7) is 4.33. The molecule has 6 rings (SSSR count). The fraction of sp³-hybridized carbons (Fsp3) is 0.333. The normalized spacial score (nSPS) is 22.7. The molecule has 2 atom stereocenters. The van der Waals surface area contributed by atoms with E-state index in [0.29, 0.717) is 18.5 Å². The molecule has 1 aliphatic carbocycles. The summed E-state index contributed by atoms with van der Waals surface area (Å²) < 4.78 is 6.09. The van der Waals surface area contributed by atoms with Crippen molar-refractivity contribution in [3.63, 3.8) is 0 Å². The molecule has 2 unspecified atom stereocenters. The Kier molecular flexibility index (Phi) is 5.87. The van der Waals surface area contributed by atoms with Crippen molar-refractivity contribution in [2.75, 3.05) is 43.0 Å². The van der Waals surface area contributed by atoms with Crippen molar-refractivity contribution in [3.8, 4) is 0 Å². The molecule has 2 aromatic heterocycles. The highest BCUT2D eigenvalue weighted by Gasteiger charge is 2.27. The first kappa shape index (κ1) is 21.1. The summed E-state index contributed by atoms with van der Waals surface area (Å²) in [7, 11) is 0. The van der Waals surface area contributed by atoms with E-state index in [2.05, 4.69) is 80.3 Å². The third-order valence-corrected chi connectivity index (χ3v) is 6.90. The topological polar surface area (TPSA) is 78.1 Å². The van der Waals surface area contributed by atoms with Crippen LogP contribution in [0.15, 0.2) is 67.0 Å². The average molecular weight is 455 g/mol. The number of nitrogens with one attached hydrogen (secondary N) is 3. The van der Waals surface area contributed by atoms with Crippen molar-refractivity contribution in [1.82, 2.24) is 20.3 Å². The molecule has 7 nitrogen and oxygen atoms in total. The molecule has 3 aromatic rings. The lowest BCUT2D eigenvalue weighted by atomic mass is 9.93. The molecule has 3 aliphatic rings. The van der Waals surface area contributed by atoms with Gasteiger partial charge in [0.2, 0.25) is 5.95 Å². The number of ether oxygens (including phenoxy) is 1. The van der Waals surface area contributed by atoms with Gasteiger partial charge in [-0.25, -0.2) is 4.98 Å². The van der Waals surface area contributed by atoms with Crippen LogP contribution >= 0.6 is 0 Å². The second-order valence-corrected chi connectivity index (χ2v) is 9.08. The average Bonchev–Trinajstić information content (AvgIpc) is 3.33. The maximum Gasteiger partial charge on any atom is 0.229 e. The Bertz CT molecular complexity index is 1260. The molecule has 174 valence electrons. The Morgan fingerprint density at radius 2 is 2.18 bits per heavy atom. The van der Waals surface area contributed by atoms with Gasteiger partial charge in [0.1, 0.15) is 5.82 Å². The molecule has 0 spiro atoms. The van der Waals surface area contributed by atoms with Gasteiger partial charge in [0.25, 0.3) is 0 Å². The monoisotopic (exact) mass is 454 g/mol. The van der Waals surface area contributed by atoms with E-state index in [0.717, 1.165) is 56.0 Å². The standard InChI is InChI=1S/C27H30N6O/c1-2-4-20(5-3-1)25-18-33(14-15-34-25)26-10-13-29-27(32-26)31-21-6-7-24-22(16-21)23(17-30-24)19-8-11-28-12-9-19/h1-4,6-8,10,13,16-17,20,25,28,30H,5,9,11-12,14-15,18H2,(H,29,31,32). The number of morpholine rings is 1. The second kappa shape index (κ2) is 9.44. The molecule has 0 amide bonds. The number of aromatic amines is 1. The Balaban J connectivity index is 1.20. The van der Waals surface area contributed by atoms with Gasteiger partial charge in [-0.1, -0.05) is 30.4 Å². The highest BCUT2D eigenvalue weighted by Crippen LogP contribution is 2.31. The van der Waals surface area contributed by atoms with Crippen LogP contribution in [0.4, 0.5) is 17.5 Å². The number of hydrogen-bond acceptors (Lipinski definition) is 6. The van der Waals surface area contributed by atoms with Gasteiger partial charge < -0.3 is 25.3 Å². The van der Waals surface area contributed by atoms with E-state index in [4.69, 9.17) is 9.72 Å². The summed E-state index contributed by atoms with van der Waals surface area (Å²) >= 11 is 0. The van der Waals surface area contributed by atoms with E-state index >= 15 is 0 Å². The zero-order valence-electron chi connectivity index (χ0n) is 19.2. The highest BCUT2D eigenvalue weighted by atomic mass is 16.5. The summed E-state index contributed by atoms with van der Waals surface area (Å²) in [6, 6.07) is 8.36. The minimum atomic E-state index is 0.181. The van der Waals surface area contributed by atoms with Gasteiger partial charge in [-0.15, -0.1) is 0 Å². The van der Waals surface area contributed by atoms with Crippen molar-refractivity contribution in [3.05, 3.63) is 72.6 Å². The van der Waals surface area contributed by atoms with Crippen LogP contribution in [-0.2, 0) is 4.74 Å². The smallest absolute Gasteiger partial charge is 0.229 e. The third-order valence-electron chi connectivity index (χ3n) is 6.90. The molecular formula is C27H30N6O. The second-order valence-electron chi connectivity index (χ2n) is 9.08. The number of benzene rings is 1. The molecule has 34 heavy (non-hydrogen) atoms. The quantitative estimate of drug-likeness (QED) is 0.530. The zero-order chi connectivity index (χ0) is 22.7. The van der Waals surface area contributed by atoms with Crippen LogP contribution in [0.25, 0.3) is 16.5 Å². The van der Waals surface area contributed by atoms with Crippen molar-refractivity contribution in [2.24, 2.45) is 5.92 Å². The van der Waals surface area contributed by atoms with Gasteiger partial charge >= 0.3 is 0 Å². The first-order chi connectivity index (χ1) is 16.8. The van der Waals surface area contributed by atoms with E-state index < -0.39 is 0 Å². The molecule has 1 fully saturated rings. The molecule has 0 radical (unpaired) electrons. The van der Waals surface area contributed by atoms with Crippen molar-refractivity contribution < 1.29 is 4.74 Å². The number of rotatable bonds is 5. The van der Waals surface area contributed by atoms with E-state index in [9.17, 15) is 0 Å². The van der Waals surface area contributed by atoms with Crippen LogP contribution in [0.5, 0.6) is 0 Å². The molecule has 1 saturated heterocycles. The van der Waals surface area contributed by atoms with Crippen LogP contribution in [-0.4, -0.2) is 53.8 Å². The number of H-pyrrole nitrogens is 1. The van der Waals surface area contributed by atoms with Gasteiger partial charge in [0, 0.05) is 60.1 Å². The molecule has 1 aromatic carbocycles. The highest BCUT2D eigenvalue weighted by molar-refractivity contribution is 5.95. The SMILES string of the molecule is C1=CCC(C2CN(c3ccnc(Nc4ccc5[nH]cc(C6=CCNCC6)c5c4)n3)CCO2)C=C1. The van der Waals surface area contributed by atoms with Crippen LogP contribution in [0.3, 0.4) is 0 Å². The summed E-state index contributed by atoms with van der Waals surface area (Å²) in [5, 5.41) is 8.03. The van der Waals surface area contributed by atoms with Crippen molar-refractivity contribution in [1.29, 1.82) is 0 Å². The first-order valence-corrected chi connectivity index (χ1v) is 12.1. The number of allylic oxidation sites excluding steroid dienone is 3. The minimum absolute atomic E-state index is 0.181. The third kappa shape index (κ3) is 4.36. The van der Waals surface area contributed by atoms with Gasteiger partial charge in [0.15, 0.2) is 0 Å². The minimum Gasteiger partial charge on any atom is -0.374 e. The molecule has 2 aliphatic heterocycles. The zero-order valence-corrected chi connectivity index (χ0v) is 19.2. The summed E-state index contributed by atoms with van der Waals surface area (Å²) in [4.78, 5) is 15.1. The fourth-order valence-electron chi connectivity index (χ4n) is 5.06. The first-order valence-electron chi connectivity index (χ1n) is 12.1. The number of anilines is 3. The largest absolute Gasteiger partial charge is 0.374 e. The Hall–Kier alpha value is -3.42. The molecule has 0 bridgehead atoms. The molecule has 3 N–H and O–H groups in total. The van der Waals surface area contributed by atoms with E-state index in [-0.39, 0.29) is 6.10 Å². The van der Waals surface area contributed by atoms with Crippen LogP contribution in [0.2, 0.25) is 0 Å². The lowest BCUT2D eigenvalue weighted by Crippen LogP contribution is -2.46. The van der Waals surface area contributed by atoms with E-state index in [1.165, 1.54) is 16.5 Å². The summed E-state index contributed by atoms with van der Waals surface area (Å²) in [5.74, 6) is 1.97. The molecule has 4 heterocycles. The van der Waals surface area contributed by atoms with Gasteiger partial charge in [-0.05, 0) is 49.2 Å². The summed E-state index contributed by atoms with van der Waals surface area (Å²) in [5.41, 5.74) is 4.80. The number of nitrogens with zero attached hydrogens (tertiary/aromatic N) is 3. The number of aromatic nitrogens is 3. The van der Waals surface area contributed by atoms with Crippen molar-refractivity contribution in [2.45, 2.75) is 18.9 Å². The number of hydrogen-bond donors (Lipinski definition) is 3. The van der Waals surface area contributed by atoms with Crippen LogP contribution < -0.4 is 15.5 Å². The van der Waals surface area contributed by atoms with E-state index in [1.54, 1.807) is 0 Å².